The van der Waals surface area contributed by atoms with Gasteiger partial charge in [0.15, 0.2) is 0 Å². The molecule has 0 aliphatic heterocycles. The molecule has 4 aromatic rings. The Morgan fingerprint density at radius 3 is 2.74 bits per heavy atom. The summed E-state index contributed by atoms with van der Waals surface area (Å²) in [5, 5.41) is 16.4. The molecule has 0 spiro atoms. The van der Waals surface area contributed by atoms with Gasteiger partial charge < -0.3 is 5.32 Å². The van der Waals surface area contributed by atoms with Crippen LogP contribution in [0.1, 0.15) is 43.4 Å². The van der Waals surface area contributed by atoms with Crippen LogP contribution in [0.25, 0.3) is 10.9 Å². The number of carbonyl (C=O) groups excluding carboxylic acids is 1. The Morgan fingerprint density at radius 1 is 1.20 bits per heavy atom. The summed E-state index contributed by atoms with van der Waals surface area (Å²) in [4.78, 5) is 13.4. The Hall–Kier alpha value is -3.72. The van der Waals surface area contributed by atoms with E-state index in [0.717, 1.165) is 16.5 Å². The second-order valence-corrected chi connectivity index (χ2v) is 9.90. The zero-order valence-electron chi connectivity index (χ0n) is 19.2. The molecule has 6 nitrogen and oxygen atoms in total. The average Bonchev–Trinajstić information content (AvgIpc) is 3.49. The number of hydrogen-bond acceptors (Lipinski definition) is 5. The van der Waals surface area contributed by atoms with Crippen molar-refractivity contribution in [2.45, 2.75) is 32.2 Å². The smallest absolute Gasteiger partial charge is 0.232 e. The Bertz CT molecular complexity index is 1440. The maximum absolute atomic E-state index is 14.3. The van der Waals surface area contributed by atoms with Crippen molar-refractivity contribution in [3.05, 3.63) is 95.2 Å². The SMILES string of the molecule is CC(C)(C(=O)Nc1nncs1)C(c1cccc(F)c1)c1ccc2c(cnn2C2C=CC(F)=CC2)c1. The standard InChI is InChI=1S/C26H23F2N5OS/c1-26(2,24(34)31-25-32-29-15-35-25)23(16-4-3-5-20(28)13-16)17-6-11-22-18(12-17)14-30-33(22)21-9-7-19(27)8-10-21/h3-9,11-15,21,23H,10H2,1-2H3,(H,31,32,34). The van der Waals surface area contributed by atoms with E-state index in [9.17, 15) is 13.6 Å². The number of fused-ring (bicyclic) bond motifs is 1. The lowest BCUT2D eigenvalue weighted by atomic mass is 9.70. The predicted molar refractivity (Wildman–Crippen MR) is 132 cm³/mol. The maximum atomic E-state index is 14.3. The highest BCUT2D eigenvalue weighted by atomic mass is 32.1. The van der Waals surface area contributed by atoms with E-state index >= 15 is 0 Å². The molecule has 1 N–H and O–H groups in total. The Balaban J connectivity index is 1.55. The van der Waals surface area contributed by atoms with Crippen molar-refractivity contribution >= 4 is 33.3 Å². The molecule has 0 saturated carbocycles. The van der Waals surface area contributed by atoms with E-state index in [1.54, 1.807) is 29.9 Å². The van der Waals surface area contributed by atoms with Gasteiger partial charge in [0.25, 0.3) is 0 Å². The van der Waals surface area contributed by atoms with Gasteiger partial charge in [0.2, 0.25) is 11.0 Å². The van der Waals surface area contributed by atoms with Gasteiger partial charge in [-0.25, -0.2) is 8.78 Å². The van der Waals surface area contributed by atoms with Gasteiger partial charge in [-0.2, -0.15) is 5.10 Å². The summed E-state index contributed by atoms with van der Waals surface area (Å²) in [6, 6.07) is 12.1. The van der Waals surface area contributed by atoms with E-state index in [1.807, 2.05) is 42.8 Å². The third kappa shape index (κ3) is 4.51. The molecule has 0 fully saturated rings. The molecule has 1 aliphatic carbocycles. The summed E-state index contributed by atoms with van der Waals surface area (Å²) in [5.74, 6) is -1.32. The minimum absolute atomic E-state index is 0.0778. The van der Waals surface area contributed by atoms with Crippen LogP contribution in [0.15, 0.2) is 78.2 Å². The summed E-state index contributed by atoms with van der Waals surface area (Å²) in [7, 11) is 0. The molecule has 2 aromatic carbocycles. The molecular formula is C26H23F2N5OS. The highest BCUT2D eigenvalue weighted by molar-refractivity contribution is 7.13. The quantitative estimate of drug-likeness (QED) is 0.350. The van der Waals surface area contributed by atoms with Gasteiger partial charge in [-0.3, -0.25) is 9.48 Å². The number of benzene rings is 2. The number of hydrogen-bond donors (Lipinski definition) is 1. The largest absolute Gasteiger partial charge is 0.300 e. The van der Waals surface area contributed by atoms with Gasteiger partial charge >= 0.3 is 0 Å². The number of nitrogens with one attached hydrogen (secondary N) is 1. The van der Waals surface area contributed by atoms with Gasteiger partial charge in [0.05, 0.1) is 23.2 Å². The molecule has 0 bridgehead atoms. The lowest BCUT2D eigenvalue weighted by molar-refractivity contribution is -0.124. The summed E-state index contributed by atoms with van der Waals surface area (Å²) < 4.78 is 29.5. The molecule has 1 amide bonds. The predicted octanol–water partition coefficient (Wildman–Crippen LogP) is 6.18. The number of nitrogens with zero attached hydrogens (tertiary/aromatic N) is 4. The minimum atomic E-state index is -0.961. The second-order valence-electron chi connectivity index (χ2n) is 9.07. The van der Waals surface area contributed by atoms with E-state index < -0.39 is 11.3 Å². The molecule has 2 aromatic heterocycles. The zero-order chi connectivity index (χ0) is 24.6. The molecule has 0 radical (unpaired) electrons. The van der Waals surface area contributed by atoms with Crippen molar-refractivity contribution in [2.75, 3.05) is 5.32 Å². The molecule has 178 valence electrons. The zero-order valence-corrected chi connectivity index (χ0v) is 20.0. The van der Waals surface area contributed by atoms with Crippen molar-refractivity contribution in [2.24, 2.45) is 5.41 Å². The summed E-state index contributed by atoms with van der Waals surface area (Å²) in [6.07, 6.45) is 7.08. The highest BCUT2D eigenvalue weighted by Gasteiger charge is 2.39. The van der Waals surface area contributed by atoms with E-state index in [0.29, 0.717) is 17.1 Å². The minimum Gasteiger partial charge on any atom is -0.300 e. The van der Waals surface area contributed by atoms with E-state index in [2.05, 4.69) is 20.6 Å². The van der Waals surface area contributed by atoms with Crippen molar-refractivity contribution in [3.63, 3.8) is 0 Å². The molecule has 5 rings (SSSR count). The van der Waals surface area contributed by atoms with Crippen LogP contribution in [0.3, 0.4) is 0 Å². The highest BCUT2D eigenvalue weighted by Crippen LogP contribution is 2.43. The third-order valence-corrected chi connectivity index (χ3v) is 6.98. The Morgan fingerprint density at radius 2 is 2.03 bits per heavy atom. The van der Waals surface area contributed by atoms with Gasteiger partial charge in [-0.1, -0.05) is 49.5 Å². The number of carbonyl (C=O) groups is 1. The van der Waals surface area contributed by atoms with E-state index in [1.165, 1.54) is 29.5 Å². The number of aromatic nitrogens is 4. The number of rotatable bonds is 6. The van der Waals surface area contributed by atoms with Crippen LogP contribution in [0.4, 0.5) is 13.9 Å². The summed E-state index contributed by atoms with van der Waals surface area (Å²) >= 11 is 1.23. The van der Waals surface area contributed by atoms with Crippen molar-refractivity contribution < 1.29 is 13.6 Å². The van der Waals surface area contributed by atoms with Gasteiger partial charge in [0.1, 0.15) is 17.2 Å². The fourth-order valence-electron chi connectivity index (χ4n) is 4.61. The fourth-order valence-corrected chi connectivity index (χ4v) is 5.05. The number of halogens is 2. The van der Waals surface area contributed by atoms with Crippen LogP contribution in [-0.4, -0.2) is 25.9 Å². The normalized spacial score (nSPS) is 16.8. The van der Waals surface area contributed by atoms with Crippen molar-refractivity contribution in [3.8, 4) is 0 Å². The molecule has 2 atom stereocenters. The van der Waals surface area contributed by atoms with Crippen LogP contribution < -0.4 is 5.32 Å². The molecular weight excluding hydrogens is 468 g/mol. The Kier molecular flexibility index (Phi) is 6.02. The first-order valence-corrected chi connectivity index (χ1v) is 12.0. The van der Waals surface area contributed by atoms with E-state index in [4.69, 9.17) is 0 Å². The second kappa shape index (κ2) is 9.14. The van der Waals surface area contributed by atoms with Gasteiger partial charge in [0, 0.05) is 11.3 Å². The molecule has 0 saturated heterocycles. The third-order valence-electron chi connectivity index (χ3n) is 6.37. The fraction of sp³-hybridized carbons (Fsp3) is 0.231. The van der Waals surface area contributed by atoms with Gasteiger partial charge in [-0.15, -0.1) is 10.2 Å². The maximum Gasteiger partial charge on any atom is 0.232 e. The molecule has 2 unspecified atom stereocenters. The first-order valence-electron chi connectivity index (χ1n) is 11.2. The average molecular weight is 492 g/mol. The van der Waals surface area contributed by atoms with Crippen molar-refractivity contribution in [1.29, 1.82) is 0 Å². The summed E-state index contributed by atoms with van der Waals surface area (Å²) in [5.41, 5.74) is 3.02. The number of amides is 1. The molecule has 2 heterocycles. The lowest BCUT2D eigenvalue weighted by Gasteiger charge is -2.34. The first kappa shape index (κ1) is 23.0. The lowest BCUT2D eigenvalue weighted by Crippen LogP contribution is -2.37. The monoisotopic (exact) mass is 491 g/mol. The van der Waals surface area contributed by atoms with Crippen LogP contribution in [0, 0.1) is 11.2 Å². The summed E-state index contributed by atoms with van der Waals surface area (Å²) in [6.45, 7) is 3.67. The topological polar surface area (TPSA) is 72.7 Å². The van der Waals surface area contributed by atoms with E-state index in [-0.39, 0.29) is 23.6 Å². The van der Waals surface area contributed by atoms with Crippen LogP contribution in [0.2, 0.25) is 0 Å². The number of anilines is 1. The number of allylic oxidation sites excluding steroid dienone is 4. The molecule has 1 aliphatic rings. The first-order chi connectivity index (χ1) is 16.8. The van der Waals surface area contributed by atoms with Crippen LogP contribution in [0.5, 0.6) is 0 Å². The van der Waals surface area contributed by atoms with Crippen LogP contribution in [-0.2, 0) is 4.79 Å². The molecule has 9 heteroatoms. The molecule has 35 heavy (non-hydrogen) atoms. The Labute approximate surface area is 205 Å². The van der Waals surface area contributed by atoms with Crippen LogP contribution >= 0.6 is 11.3 Å². The van der Waals surface area contributed by atoms with Crippen molar-refractivity contribution in [1.82, 2.24) is 20.0 Å². The van der Waals surface area contributed by atoms with Gasteiger partial charge in [-0.05, 0) is 54.0 Å².